The summed E-state index contributed by atoms with van der Waals surface area (Å²) in [4.78, 5) is 18.9. The molecule has 0 radical (unpaired) electrons. The summed E-state index contributed by atoms with van der Waals surface area (Å²) in [6.45, 7) is 1.58. The van der Waals surface area contributed by atoms with Crippen molar-refractivity contribution in [1.29, 1.82) is 0 Å². The van der Waals surface area contributed by atoms with Crippen molar-refractivity contribution in [3.05, 3.63) is 47.0 Å². The Bertz CT molecular complexity index is 606. The quantitative estimate of drug-likeness (QED) is 0.797. The summed E-state index contributed by atoms with van der Waals surface area (Å²) in [5.74, 6) is 0.110. The van der Waals surface area contributed by atoms with Crippen LogP contribution < -0.4 is 4.90 Å². The zero-order valence-electron chi connectivity index (χ0n) is 12.0. The van der Waals surface area contributed by atoms with E-state index in [4.69, 9.17) is 4.74 Å². The lowest BCUT2D eigenvalue weighted by atomic mass is 10.1. The maximum Gasteiger partial charge on any atom is 0.185 e. The molecule has 1 saturated heterocycles. The molecule has 2 aromatic rings. The van der Waals surface area contributed by atoms with Gasteiger partial charge in [0.1, 0.15) is 0 Å². The third-order valence-electron chi connectivity index (χ3n) is 3.73. The largest absolute Gasteiger partial charge is 0.379 e. The second-order valence-corrected chi connectivity index (χ2v) is 6.05. The molecule has 0 spiro atoms. The predicted molar refractivity (Wildman–Crippen MR) is 84.2 cm³/mol. The molecule has 0 amide bonds. The molecule has 0 bridgehead atoms. The van der Waals surface area contributed by atoms with Gasteiger partial charge in [0.15, 0.2) is 10.9 Å². The Balaban J connectivity index is 1.66. The number of nitrogens with zero attached hydrogens (tertiary/aromatic N) is 2. The number of ketones is 1. The third kappa shape index (κ3) is 3.31. The van der Waals surface area contributed by atoms with Crippen molar-refractivity contribution < 1.29 is 9.53 Å². The first-order valence-electron chi connectivity index (χ1n) is 7.07. The average molecular weight is 302 g/mol. The number of Topliss-reactive ketones (excluding diaryl/α,β-unsaturated/α-hetero) is 1. The molecule has 1 atom stereocenters. The number of carbonyl (C=O) groups is 1. The lowest BCUT2D eigenvalue weighted by molar-refractivity contribution is 0.0992. The minimum atomic E-state index is 0.110. The van der Waals surface area contributed by atoms with E-state index in [0.717, 1.165) is 36.0 Å². The number of thiazole rings is 1. The van der Waals surface area contributed by atoms with Crippen LogP contribution in [0.5, 0.6) is 0 Å². The molecule has 1 aliphatic heterocycles. The van der Waals surface area contributed by atoms with Gasteiger partial charge in [-0.05, 0) is 6.42 Å². The zero-order chi connectivity index (χ0) is 14.7. The van der Waals surface area contributed by atoms with E-state index in [-0.39, 0.29) is 5.78 Å². The van der Waals surface area contributed by atoms with E-state index in [1.54, 1.807) is 11.3 Å². The SMILES string of the molecule is CN(c1nc(CC(=O)c2ccccc2)cs1)C1CCOC1. The Morgan fingerprint density at radius 1 is 1.43 bits per heavy atom. The first kappa shape index (κ1) is 14.2. The summed E-state index contributed by atoms with van der Waals surface area (Å²) in [6, 6.07) is 9.76. The average Bonchev–Trinajstić information content (AvgIpc) is 3.19. The first-order chi connectivity index (χ1) is 10.2. The fraction of sp³-hybridized carbons (Fsp3) is 0.375. The molecule has 1 aromatic heterocycles. The zero-order valence-corrected chi connectivity index (χ0v) is 12.8. The van der Waals surface area contributed by atoms with Crippen molar-refractivity contribution in [2.24, 2.45) is 0 Å². The van der Waals surface area contributed by atoms with Gasteiger partial charge < -0.3 is 9.64 Å². The molecule has 2 heterocycles. The second kappa shape index (κ2) is 6.37. The number of carbonyl (C=O) groups excluding carboxylic acids is 1. The van der Waals surface area contributed by atoms with Crippen molar-refractivity contribution in [3.63, 3.8) is 0 Å². The van der Waals surface area contributed by atoms with E-state index in [1.165, 1.54) is 0 Å². The molecule has 3 rings (SSSR count). The Labute approximate surface area is 128 Å². The van der Waals surface area contributed by atoms with Gasteiger partial charge in [0.05, 0.1) is 24.8 Å². The highest BCUT2D eigenvalue weighted by molar-refractivity contribution is 7.13. The first-order valence-corrected chi connectivity index (χ1v) is 7.95. The van der Waals surface area contributed by atoms with Gasteiger partial charge in [-0.15, -0.1) is 11.3 Å². The predicted octanol–water partition coefficient (Wildman–Crippen LogP) is 2.79. The van der Waals surface area contributed by atoms with Crippen LogP contribution in [0.4, 0.5) is 5.13 Å². The normalized spacial score (nSPS) is 17.9. The minimum Gasteiger partial charge on any atom is -0.379 e. The lowest BCUT2D eigenvalue weighted by Gasteiger charge is -2.21. The maximum atomic E-state index is 12.2. The van der Waals surface area contributed by atoms with Gasteiger partial charge >= 0.3 is 0 Å². The fourth-order valence-corrected chi connectivity index (χ4v) is 3.28. The smallest absolute Gasteiger partial charge is 0.185 e. The molecule has 5 heteroatoms. The van der Waals surface area contributed by atoms with Crippen molar-refractivity contribution in [3.8, 4) is 0 Å². The highest BCUT2D eigenvalue weighted by atomic mass is 32.1. The number of ether oxygens (including phenoxy) is 1. The van der Waals surface area contributed by atoms with Gasteiger partial charge in [0, 0.05) is 24.6 Å². The number of benzene rings is 1. The van der Waals surface area contributed by atoms with Crippen LogP contribution >= 0.6 is 11.3 Å². The Morgan fingerprint density at radius 3 is 2.95 bits per heavy atom. The highest BCUT2D eigenvalue weighted by Crippen LogP contribution is 2.24. The number of likely N-dealkylation sites (N-methyl/N-ethyl adjacent to an activating group) is 1. The maximum absolute atomic E-state index is 12.2. The molecule has 110 valence electrons. The van der Waals surface area contributed by atoms with Gasteiger partial charge in [-0.2, -0.15) is 0 Å². The van der Waals surface area contributed by atoms with E-state index < -0.39 is 0 Å². The summed E-state index contributed by atoms with van der Waals surface area (Å²) in [5.41, 5.74) is 1.58. The van der Waals surface area contributed by atoms with Crippen LogP contribution in [0.1, 0.15) is 22.5 Å². The molecule has 1 aromatic carbocycles. The Hall–Kier alpha value is -1.72. The van der Waals surface area contributed by atoms with Gasteiger partial charge in [-0.3, -0.25) is 4.79 Å². The summed E-state index contributed by atoms with van der Waals surface area (Å²) in [6.07, 6.45) is 1.39. The van der Waals surface area contributed by atoms with Crippen molar-refractivity contribution in [2.45, 2.75) is 18.9 Å². The number of aromatic nitrogens is 1. The van der Waals surface area contributed by atoms with Crippen molar-refractivity contribution in [2.75, 3.05) is 25.2 Å². The molecule has 1 aliphatic rings. The minimum absolute atomic E-state index is 0.110. The van der Waals surface area contributed by atoms with Gasteiger partial charge in [-0.25, -0.2) is 4.98 Å². The summed E-state index contributed by atoms with van der Waals surface area (Å²) in [7, 11) is 2.04. The van der Waals surface area contributed by atoms with Gasteiger partial charge in [-0.1, -0.05) is 30.3 Å². The molecule has 0 aliphatic carbocycles. The van der Waals surface area contributed by atoms with Gasteiger partial charge in [0.2, 0.25) is 0 Å². The lowest BCUT2D eigenvalue weighted by Crippen LogP contribution is -2.31. The fourth-order valence-electron chi connectivity index (χ4n) is 2.41. The molecule has 21 heavy (non-hydrogen) atoms. The number of hydrogen-bond acceptors (Lipinski definition) is 5. The number of anilines is 1. The molecular weight excluding hydrogens is 284 g/mol. The summed E-state index contributed by atoms with van der Waals surface area (Å²) < 4.78 is 5.41. The van der Waals surface area contributed by atoms with Crippen LogP contribution in [0.15, 0.2) is 35.7 Å². The number of hydrogen-bond donors (Lipinski definition) is 0. The van der Waals surface area contributed by atoms with Crippen LogP contribution in [-0.4, -0.2) is 37.1 Å². The summed E-state index contributed by atoms with van der Waals surface area (Å²) >= 11 is 1.59. The van der Waals surface area contributed by atoms with Crippen LogP contribution in [0.2, 0.25) is 0 Å². The van der Waals surface area contributed by atoms with Crippen LogP contribution in [-0.2, 0) is 11.2 Å². The molecule has 1 fully saturated rings. The standard InChI is InChI=1S/C16H18N2O2S/c1-18(14-7-8-20-10-14)16-17-13(11-21-16)9-15(19)12-5-3-2-4-6-12/h2-6,11,14H,7-10H2,1H3. The Kier molecular flexibility index (Phi) is 4.31. The molecule has 1 unspecified atom stereocenters. The van der Waals surface area contributed by atoms with E-state index in [2.05, 4.69) is 9.88 Å². The monoisotopic (exact) mass is 302 g/mol. The highest BCUT2D eigenvalue weighted by Gasteiger charge is 2.22. The van der Waals surface area contributed by atoms with Crippen LogP contribution in [0.25, 0.3) is 0 Å². The molecule has 0 saturated carbocycles. The van der Waals surface area contributed by atoms with Crippen molar-refractivity contribution in [1.82, 2.24) is 4.98 Å². The van der Waals surface area contributed by atoms with Gasteiger partial charge in [0.25, 0.3) is 0 Å². The van der Waals surface area contributed by atoms with E-state index in [1.807, 2.05) is 42.8 Å². The third-order valence-corrected chi connectivity index (χ3v) is 4.71. The molecule has 0 N–H and O–H groups in total. The van der Waals surface area contributed by atoms with E-state index in [0.29, 0.717) is 12.5 Å². The number of rotatable bonds is 5. The summed E-state index contributed by atoms with van der Waals surface area (Å²) in [5, 5.41) is 2.93. The Morgan fingerprint density at radius 2 is 2.24 bits per heavy atom. The van der Waals surface area contributed by atoms with Crippen LogP contribution in [0, 0.1) is 0 Å². The molecule has 4 nitrogen and oxygen atoms in total. The van der Waals surface area contributed by atoms with Crippen LogP contribution in [0.3, 0.4) is 0 Å². The van der Waals surface area contributed by atoms with E-state index in [9.17, 15) is 4.79 Å². The molecular formula is C16H18N2O2S. The van der Waals surface area contributed by atoms with Crippen molar-refractivity contribution >= 4 is 22.3 Å². The second-order valence-electron chi connectivity index (χ2n) is 5.22. The topological polar surface area (TPSA) is 42.4 Å². The van der Waals surface area contributed by atoms with E-state index >= 15 is 0 Å².